The van der Waals surface area contributed by atoms with Gasteiger partial charge in [-0.1, -0.05) is 45.4 Å². The predicted molar refractivity (Wildman–Crippen MR) is 67.5 cm³/mol. The third-order valence-electron chi connectivity index (χ3n) is 3.38. The van der Waals surface area contributed by atoms with Crippen LogP contribution in [0, 0.1) is 5.92 Å². The molecule has 1 fully saturated rings. The van der Waals surface area contributed by atoms with E-state index in [-0.39, 0.29) is 6.03 Å². The van der Waals surface area contributed by atoms with Crippen LogP contribution in [0.4, 0.5) is 4.79 Å². The Morgan fingerprint density at radius 3 is 2.50 bits per heavy atom. The molecular formula is C13H26N2O. The number of amides is 2. The van der Waals surface area contributed by atoms with Crippen LogP contribution in [0.15, 0.2) is 0 Å². The molecule has 0 radical (unpaired) electrons. The van der Waals surface area contributed by atoms with Gasteiger partial charge in [-0.05, 0) is 18.8 Å². The van der Waals surface area contributed by atoms with Crippen LogP contribution in [0.25, 0.3) is 0 Å². The number of unbranched alkanes of at least 4 members (excludes halogenated alkanes) is 2. The van der Waals surface area contributed by atoms with Crippen LogP contribution < -0.4 is 10.6 Å². The first-order valence-corrected chi connectivity index (χ1v) is 6.84. The molecule has 3 nitrogen and oxygen atoms in total. The summed E-state index contributed by atoms with van der Waals surface area (Å²) in [5.74, 6) is 0.861. The molecule has 0 aromatic carbocycles. The van der Waals surface area contributed by atoms with Gasteiger partial charge in [-0.25, -0.2) is 4.79 Å². The largest absolute Gasteiger partial charge is 0.338 e. The third-order valence-corrected chi connectivity index (χ3v) is 3.38. The summed E-state index contributed by atoms with van der Waals surface area (Å²) in [5.41, 5.74) is 0. The second kappa shape index (κ2) is 8.43. The molecule has 0 saturated heterocycles. The van der Waals surface area contributed by atoms with Gasteiger partial charge < -0.3 is 10.6 Å². The Kier molecular flexibility index (Phi) is 7.02. The Morgan fingerprint density at radius 2 is 1.81 bits per heavy atom. The maximum Gasteiger partial charge on any atom is 0.314 e. The van der Waals surface area contributed by atoms with Crippen molar-refractivity contribution in [1.29, 1.82) is 0 Å². The average Bonchev–Trinajstić information content (AvgIpc) is 2.77. The zero-order valence-electron chi connectivity index (χ0n) is 10.6. The lowest BCUT2D eigenvalue weighted by Crippen LogP contribution is -2.36. The number of carbonyl (C=O) groups excluding carboxylic acids is 1. The normalized spacial score (nSPS) is 16.3. The lowest BCUT2D eigenvalue weighted by molar-refractivity contribution is 0.240. The van der Waals surface area contributed by atoms with Crippen molar-refractivity contribution in [3.63, 3.8) is 0 Å². The van der Waals surface area contributed by atoms with Gasteiger partial charge in [0.05, 0.1) is 0 Å². The molecule has 0 bridgehead atoms. The topological polar surface area (TPSA) is 41.1 Å². The zero-order valence-corrected chi connectivity index (χ0v) is 10.6. The number of nitrogens with one attached hydrogen (secondary N) is 2. The van der Waals surface area contributed by atoms with Gasteiger partial charge in [-0.3, -0.25) is 0 Å². The average molecular weight is 226 g/mol. The molecule has 0 spiro atoms. The standard InChI is InChI=1S/C13H26N2O/c1-2-3-6-10-14-13(16)15-11-9-12-7-4-5-8-12/h12H,2-11H2,1H3,(H2,14,15,16). The van der Waals surface area contributed by atoms with Crippen LogP contribution in [0.3, 0.4) is 0 Å². The first kappa shape index (κ1) is 13.3. The highest BCUT2D eigenvalue weighted by Crippen LogP contribution is 2.26. The van der Waals surface area contributed by atoms with E-state index in [1.54, 1.807) is 0 Å². The van der Waals surface area contributed by atoms with Gasteiger partial charge in [-0.15, -0.1) is 0 Å². The molecule has 1 rings (SSSR count). The van der Waals surface area contributed by atoms with Crippen molar-refractivity contribution < 1.29 is 4.79 Å². The van der Waals surface area contributed by atoms with E-state index >= 15 is 0 Å². The van der Waals surface area contributed by atoms with Crippen LogP contribution in [0.1, 0.15) is 58.3 Å². The van der Waals surface area contributed by atoms with E-state index in [9.17, 15) is 4.79 Å². The van der Waals surface area contributed by atoms with Crippen molar-refractivity contribution in [3.05, 3.63) is 0 Å². The molecule has 3 heteroatoms. The Bertz CT molecular complexity index is 188. The number of hydrogen-bond acceptors (Lipinski definition) is 1. The summed E-state index contributed by atoms with van der Waals surface area (Å²) in [6.45, 7) is 3.81. The molecule has 1 aliphatic carbocycles. The molecule has 0 aromatic rings. The second-order valence-corrected chi connectivity index (χ2v) is 4.83. The van der Waals surface area contributed by atoms with Crippen LogP contribution in [0.5, 0.6) is 0 Å². The van der Waals surface area contributed by atoms with Crippen LogP contribution in [0.2, 0.25) is 0 Å². The van der Waals surface area contributed by atoms with Crippen molar-refractivity contribution >= 4 is 6.03 Å². The smallest absolute Gasteiger partial charge is 0.314 e. The molecule has 2 N–H and O–H groups in total. The molecule has 0 unspecified atom stereocenters. The molecule has 0 aliphatic heterocycles. The van der Waals surface area contributed by atoms with Crippen LogP contribution in [-0.4, -0.2) is 19.1 Å². The van der Waals surface area contributed by atoms with Gasteiger partial charge in [0.15, 0.2) is 0 Å². The molecule has 1 saturated carbocycles. The number of urea groups is 1. The summed E-state index contributed by atoms with van der Waals surface area (Å²) in [5, 5.41) is 5.83. The lowest BCUT2D eigenvalue weighted by atomic mass is 10.0. The first-order chi connectivity index (χ1) is 7.83. The number of carbonyl (C=O) groups is 1. The Hall–Kier alpha value is -0.730. The number of rotatable bonds is 7. The monoisotopic (exact) mass is 226 g/mol. The molecule has 16 heavy (non-hydrogen) atoms. The van der Waals surface area contributed by atoms with Crippen molar-refractivity contribution in [2.75, 3.05) is 13.1 Å². The quantitative estimate of drug-likeness (QED) is 0.644. The Balaban J connectivity index is 1.89. The van der Waals surface area contributed by atoms with E-state index in [0.717, 1.165) is 31.8 Å². The van der Waals surface area contributed by atoms with Gasteiger partial charge in [0.25, 0.3) is 0 Å². The summed E-state index contributed by atoms with van der Waals surface area (Å²) >= 11 is 0. The molecule has 0 atom stereocenters. The summed E-state index contributed by atoms with van der Waals surface area (Å²) < 4.78 is 0. The van der Waals surface area contributed by atoms with Gasteiger partial charge in [0.1, 0.15) is 0 Å². The van der Waals surface area contributed by atoms with E-state index in [4.69, 9.17) is 0 Å². The van der Waals surface area contributed by atoms with E-state index in [1.165, 1.54) is 38.5 Å². The van der Waals surface area contributed by atoms with E-state index in [0.29, 0.717) is 0 Å². The predicted octanol–water partition coefficient (Wildman–Crippen LogP) is 3.06. The van der Waals surface area contributed by atoms with Gasteiger partial charge in [0.2, 0.25) is 0 Å². The maximum atomic E-state index is 11.4. The maximum absolute atomic E-state index is 11.4. The van der Waals surface area contributed by atoms with Gasteiger partial charge >= 0.3 is 6.03 Å². The fourth-order valence-electron chi connectivity index (χ4n) is 2.33. The number of hydrogen-bond donors (Lipinski definition) is 2. The van der Waals surface area contributed by atoms with E-state index in [2.05, 4.69) is 17.6 Å². The zero-order chi connectivity index (χ0) is 11.6. The molecule has 0 heterocycles. The summed E-state index contributed by atoms with van der Waals surface area (Å²) in [7, 11) is 0. The van der Waals surface area contributed by atoms with E-state index < -0.39 is 0 Å². The summed E-state index contributed by atoms with van der Waals surface area (Å²) in [4.78, 5) is 11.4. The Morgan fingerprint density at radius 1 is 1.12 bits per heavy atom. The molecule has 0 aromatic heterocycles. The highest BCUT2D eigenvalue weighted by molar-refractivity contribution is 5.73. The molecule has 1 aliphatic rings. The molecule has 94 valence electrons. The fourth-order valence-corrected chi connectivity index (χ4v) is 2.33. The minimum atomic E-state index is 0.00843. The summed E-state index contributed by atoms with van der Waals surface area (Å²) in [6.07, 6.45) is 10.1. The SMILES string of the molecule is CCCCCNC(=O)NCCC1CCCC1. The second-order valence-electron chi connectivity index (χ2n) is 4.83. The lowest BCUT2D eigenvalue weighted by Gasteiger charge is -2.10. The third kappa shape index (κ3) is 5.99. The minimum Gasteiger partial charge on any atom is -0.338 e. The molecular weight excluding hydrogens is 200 g/mol. The van der Waals surface area contributed by atoms with Gasteiger partial charge in [0, 0.05) is 13.1 Å². The van der Waals surface area contributed by atoms with Crippen molar-refractivity contribution in [2.24, 2.45) is 5.92 Å². The minimum absolute atomic E-state index is 0.00843. The fraction of sp³-hybridized carbons (Fsp3) is 0.923. The first-order valence-electron chi connectivity index (χ1n) is 6.84. The van der Waals surface area contributed by atoms with Crippen molar-refractivity contribution in [3.8, 4) is 0 Å². The van der Waals surface area contributed by atoms with Crippen LogP contribution in [-0.2, 0) is 0 Å². The highest BCUT2D eigenvalue weighted by atomic mass is 16.2. The Labute approximate surface area is 99.4 Å². The summed E-state index contributed by atoms with van der Waals surface area (Å²) in [6, 6.07) is 0.00843. The van der Waals surface area contributed by atoms with Gasteiger partial charge in [-0.2, -0.15) is 0 Å². The van der Waals surface area contributed by atoms with Crippen molar-refractivity contribution in [1.82, 2.24) is 10.6 Å². The van der Waals surface area contributed by atoms with Crippen molar-refractivity contribution in [2.45, 2.75) is 58.3 Å². The van der Waals surface area contributed by atoms with Crippen LogP contribution >= 0.6 is 0 Å². The van der Waals surface area contributed by atoms with E-state index in [1.807, 2.05) is 0 Å². The molecule has 2 amide bonds. The highest BCUT2D eigenvalue weighted by Gasteiger charge is 2.14.